The Morgan fingerprint density at radius 2 is 1.87 bits per heavy atom. The minimum Gasteiger partial charge on any atom is -0.365 e. The van der Waals surface area contributed by atoms with Crippen LogP contribution in [0.25, 0.3) is 10.9 Å². The molecule has 1 fully saturated rings. The molecule has 2 unspecified atom stereocenters. The molecule has 4 N–H and O–H groups in total. The van der Waals surface area contributed by atoms with Crippen molar-refractivity contribution in [3.63, 3.8) is 0 Å². The summed E-state index contributed by atoms with van der Waals surface area (Å²) in [7, 11) is 0. The van der Waals surface area contributed by atoms with Gasteiger partial charge < -0.3 is 30.9 Å². The second kappa shape index (κ2) is 12.6. The normalized spacial score (nSPS) is 17.3. The van der Waals surface area contributed by atoms with Gasteiger partial charge in [0, 0.05) is 22.7 Å². The van der Waals surface area contributed by atoms with Crippen LogP contribution >= 0.6 is 11.6 Å². The molecule has 0 bridgehead atoms. The van der Waals surface area contributed by atoms with Crippen LogP contribution in [-0.4, -0.2) is 22.8 Å². The maximum atomic E-state index is 15.1. The smallest absolute Gasteiger partial charge is 0.365 e. The van der Waals surface area contributed by atoms with Crippen molar-refractivity contribution in [2.24, 2.45) is 5.73 Å². The second-order valence-corrected chi connectivity index (χ2v) is 7.38. The van der Waals surface area contributed by atoms with Gasteiger partial charge in [0.1, 0.15) is 5.56 Å². The van der Waals surface area contributed by atoms with E-state index in [0.29, 0.717) is 18.5 Å². The number of carbonyl (C=O) groups excluding carboxylic acids is 2. The molecule has 0 spiro atoms. The predicted molar refractivity (Wildman–Crippen MR) is 116 cm³/mol. The van der Waals surface area contributed by atoms with Gasteiger partial charge >= 0.3 is 68.9 Å². The van der Waals surface area contributed by atoms with Crippen LogP contribution in [0.5, 0.6) is 0 Å². The van der Waals surface area contributed by atoms with E-state index in [4.69, 9.17) is 17.3 Å². The molecule has 1 saturated carbocycles. The van der Waals surface area contributed by atoms with Crippen LogP contribution in [-0.2, 0) is 4.79 Å². The standard InChI is InChI=1S/C20H20ClF2N3O2.2CH3.Cs/c1-3-5-12(27)26-11-7-4-6-10(8-11)13-14-16(21)9(2)25-19(14)15(20(24)28)18(23)17(13)22;;;/h10-11,25H,4,6-8H2,1-2H3,(H2,24,28)(H,26,27);2*1H3;/q;2*-1;+1. The molecule has 0 saturated heterocycles. The quantitative estimate of drug-likeness (QED) is 0.387. The minimum absolute atomic E-state index is 0. The van der Waals surface area contributed by atoms with E-state index >= 15 is 4.39 Å². The molecular weight excluding hydrogens is 545 g/mol. The van der Waals surface area contributed by atoms with Crippen LogP contribution in [0.3, 0.4) is 0 Å². The fourth-order valence-corrected chi connectivity index (χ4v) is 4.27. The van der Waals surface area contributed by atoms with Crippen LogP contribution in [0, 0.1) is 45.3 Å². The molecule has 0 radical (unpaired) electrons. The first kappa shape index (κ1) is 30.5. The van der Waals surface area contributed by atoms with E-state index in [1.165, 1.54) is 0 Å². The molecule has 2 aromatic rings. The largest absolute Gasteiger partial charge is 1.00 e. The molecule has 3 rings (SSSR count). The van der Waals surface area contributed by atoms with Crippen molar-refractivity contribution >= 4 is 34.3 Å². The van der Waals surface area contributed by atoms with Gasteiger partial charge in [0.15, 0.2) is 11.6 Å². The van der Waals surface area contributed by atoms with E-state index in [1.54, 1.807) is 13.8 Å². The Balaban J connectivity index is 0.00000300. The van der Waals surface area contributed by atoms with Crippen molar-refractivity contribution in [2.75, 3.05) is 0 Å². The Morgan fingerprint density at radius 1 is 1.23 bits per heavy atom. The third kappa shape index (κ3) is 6.08. The number of primary amides is 1. The van der Waals surface area contributed by atoms with Gasteiger partial charge in [-0.25, -0.2) is 8.78 Å². The maximum Gasteiger partial charge on any atom is 1.00 e. The zero-order valence-corrected chi connectivity index (χ0v) is 25.5. The summed E-state index contributed by atoms with van der Waals surface area (Å²) >= 11 is 6.37. The molecule has 9 heteroatoms. The Labute approximate surface area is 246 Å². The number of hydrogen-bond acceptors (Lipinski definition) is 2. The molecule has 1 aliphatic rings. The Hall–Kier alpha value is -0.538. The van der Waals surface area contributed by atoms with E-state index in [0.717, 1.165) is 12.8 Å². The number of fused-ring (bicyclic) bond motifs is 1. The van der Waals surface area contributed by atoms with Crippen LogP contribution < -0.4 is 79.9 Å². The molecule has 31 heavy (non-hydrogen) atoms. The predicted octanol–water partition coefficient (Wildman–Crippen LogP) is 1.58. The summed E-state index contributed by atoms with van der Waals surface area (Å²) in [6, 6.07) is -0.209. The van der Waals surface area contributed by atoms with E-state index < -0.39 is 29.0 Å². The Bertz CT molecular complexity index is 1040. The molecule has 1 aliphatic carbocycles. The summed E-state index contributed by atoms with van der Waals surface area (Å²) in [4.78, 5) is 26.3. The molecule has 0 aliphatic heterocycles. The van der Waals surface area contributed by atoms with Crippen LogP contribution in [0.15, 0.2) is 0 Å². The average molecular weight is 571 g/mol. The monoisotopic (exact) mass is 570 g/mol. The minimum atomic E-state index is -1.28. The molecule has 1 heterocycles. The topological polar surface area (TPSA) is 88.0 Å². The maximum absolute atomic E-state index is 15.1. The van der Waals surface area contributed by atoms with Gasteiger partial charge in [-0.15, -0.1) is 0 Å². The van der Waals surface area contributed by atoms with Crippen LogP contribution in [0.1, 0.15) is 60.1 Å². The summed E-state index contributed by atoms with van der Waals surface area (Å²) in [5.41, 5.74) is 5.45. The van der Waals surface area contributed by atoms with Crippen molar-refractivity contribution in [3.05, 3.63) is 48.3 Å². The van der Waals surface area contributed by atoms with E-state index in [2.05, 4.69) is 22.1 Å². The molecule has 2 atom stereocenters. The number of rotatable bonds is 3. The van der Waals surface area contributed by atoms with E-state index in [9.17, 15) is 14.0 Å². The van der Waals surface area contributed by atoms with Crippen molar-refractivity contribution in [3.8, 4) is 11.8 Å². The third-order valence-corrected chi connectivity index (χ3v) is 5.65. The van der Waals surface area contributed by atoms with Gasteiger partial charge in [0.05, 0.1) is 10.5 Å². The summed E-state index contributed by atoms with van der Waals surface area (Å²) in [6.45, 7) is 3.22. The zero-order chi connectivity index (χ0) is 20.6. The Morgan fingerprint density at radius 3 is 2.45 bits per heavy atom. The third-order valence-electron chi connectivity index (χ3n) is 5.18. The molecule has 2 amide bonds. The number of aryl methyl sites for hydroxylation is 1. The van der Waals surface area contributed by atoms with Crippen LogP contribution in [0.2, 0.25) is 5.02 Å². The number of nitrogens with two attached hydrogens (primary N) is 1. The zero-order valence-electron chi connectivity index (χ0n) is 18.5. The second-order valence-electron chi connectivity index (χ2n) is 7.00. The van der Waals surface area contributed by atoms with Crippen molar-refractivity contribution in [1.29, 1.82) is 0 Å². The van der Waals surface area contributed by atoms with E-state index in [1.807, 2.05) is 0 Å². The first-order chi connectivity index (χ1) is 13.3. The summed E-state index contributed by atoms with van der Waals surface area (Å²) in [6.07, 6.45) is 2.46. The van der Waals surface area contributed by atoms with Gasteiger partial charge in [0.2, 0.25) is 0 Å². The Kier molecular flexibility index (Phi) is 12.4. The fourth-order valence-electron chi connectivity index (χ4n) is 4.02. The van der Waals surface area contributed by atoms with Gasteiger partial charge in [-0.1, -0.05) is 23.9 Å². The summed E-state index contributed by atoms with van der Waals surface area (Å²) in [5, 5.41) is 3.31. The van der Waals surface area contributed by atoms with Crippen molar-refractivity contribution < 1.29 is 87.3 Å². The number of carbonyl (C=O) groups is 2. The van der Waals surface area contributed by atoms with Gasteiger partial charge in [-0.2, -0.15) is 0 Å². The van der Waals surface area contributed by atoms with Crippen molar-refractivity contribution in [1.82, 2.24) is 10.3 Å². The first-order valence-corrected chi connectivity index (χ1v) is 9.35. The molecule has 5 nitrogen and oxygen atoms in total. The number of nitrogens with one attached hydrogen (secondary N) is 2. The fraction of sp³-hybridized carbons (Fsp3) is 0.364. The number of halogens is 3. The summed E-state index contributed by atoms with van der Waals surface area (Å²) < 4.78 is 29.8. The van der Waals surface area contributed by atoms with Gasteiger partial charge in [0.25, 0.3) is 11.8 Å². The molecular formula is C22H26ClCsF2N3O2-. The van der Waals surface area contributed by atoms with Crippen molar-refractivity contribution in [2.45, 2.75) is 51.5 Å². The van der Waals surface area contributed by atoms with E-state index in [-0.39, 0.29) is 117 Å². The average Bonchev–Trinajstić information content (AvgIpc) is 2.91. The number of amides is 2. The SMILES string of the molecule is CC#CC(=O)NC1CCCC(c2c(F)c(F)c(C(N)=O)c3[nH]c(C)c(Cl)c23)C1.[CH3-].[CH3-].[Cs+]. The number of hydrogen-bond donors (Lipinski definition) is 3. The van der Waals surface area contributed by atoms with Gasteiger partial charge in [-0.05, 0) is 44.9 Å². The van der Waals surface area contributed by atoms with Gasteiger partial charge in [-0.3, -0.25) is 9.59 Å². The number of aromatic nitrogens is 1. The van der Waals surface area contributed by atoms with Crippen LogP contribution in [0.4, 0.5) is 8.78 Å². The molecule has 1 aromatic carbocycles. The number of H-pyrrole nitrogens is 1. The number of aromatic amines is 1. The first-order valence-electron chi connectivity index (χ1n) is 8.97. The summed E-state index contributed by atoms with van der Waals surface area (Å²) in [5.74, 6) is 0.705. The molecule has 164 valence electrons. The molecule has 1 aromatic heterocycles. The number of benzene rings is 1.